The van der Waals surface area contributed by atoms with E-state index in [0.29, 0.717) is 18.8 Å². The van der Waals surface area contributed by atoms with Gasteiger partial charge in [0, 0.05) is 13.5 Å². The summed E-state index contributed by atoms with van der Waals surface area (Å²) in [7, 11) is 1.57. The number of ether oxygens (including phenoxy) is 2. The fourth-order valence-electron chi connectivity index (χ4n) is 0.936. The number of nitrogens with zero attached hydrogens (tertiary/aromatic N) is 1. The van der Waals surface area contributed by atoms with Gasteiger partial charge in [-0.2, -0.15) is 17.0 Å². The molecule has 1 unspecified atom stereocenters. The van der Waals surface area contributed by atoms with Gasteiger partial charge >= 0.3 is 5.97 Å². The van der Waals surface area contributed by atoms with Gasteiger partial charge < -0.3 is 9.47 Å². The first-order valence-electron chi connectivity index (χ1n) is 4.83. The van der Waals surface area contributed by atoms with Crippen molar-refractivity contribution in [3.05, 3.63) is 0 Å². The standard InChI is InChI=1S/C10H17NO3S/c1-9(7-13-2)14-10(12)8-15-6-4-3-5-11/h9H,3-4,6-8H2,1-2H3. The molecule has 0 fully saturated rings. The van der Waals surface area contributed by atoms with Gasteiger partial charge in [-0.1, -0.05) is 0 Å². The summed E-state index contributed by atoms with van der Waals surface area (Å²) in [6, 6.07) is 2.06. The van der Waals surface area contributed by atoms with E-state index in [1.54, 1.807) is 14.0 Å². The molecule has 0 aliphatic carbocycles. The number of hydrogen-bond donors (Lipinski definition) is 0. The number of esters is 1. The molecule has 86 valence electrons. The Bertz CT molecular complexity index is 215. The van der Waals surface area contributed by atoms with Crippen molar-refractivity contribution >= 4 is 17.7 Å². The minimum atomic E-state index is -0.221. The number of carbonyl (C=O) groups is 1. The molecule has 1 atom stereocenters. The largest absolute Gasteiger partial charge is 0.460 e. The van der Waals surface area contributed by atoms with E-state index >= 15 is 0 Å². The summed E-state index contributed by atoms with van der Waals surface area (Å²) < 4.78 is 9.89. The molecule has 5 heteroatoms. The predicted octanol–water partition coefficient (Wildman–Crippen LogP) is 1.60. The van der Waals surface area contributed by atoms with Gasteiger partial charge in [0.05, 0.1) is 18.4 Å². The molecule has 0 bridgehead atoms. The lowest BCUT2D eigenvalue weighted by Crippen LogP contribution is -2.20. The number of carbonyl (C=O) groups excluding carboxylic acids is 1. The van der Waals surface area contributed by atoms with E-state index in [1.165, 1.54) is 11.8 Å². The Morgan fingerprint density at radius 1 is 1.60 bits per heavy atom. The van der Waals surface area contributed by atoms with Gasteiger partial charge in [-0.15, -0.1) is 0 Å². The lowest BCUT2D eigenvalue weighted by molar-refractivity contribution is -0.147. The van der Waals surface area contributed by atoms with E-state index in [2.05, 4.69) is 6.07 Å². The van der Waals surface area contributed by atoms with E-state index in [1.807, 2.05) is 0 Å². The molecular weight excluding hydrogens is 214 g/mol. The Labute approximate surface area is 94.9 Å². The third kappa shape index (κ3) is 9.57. The van der Waals surface area contributed by atoms with Crippen molar-refractivity contribution in [3.8, 4) is 6.07 Å². The molecule has 4 nitrogen and oxygen atoms in total. The highest BCUT2D eigenvalue weighted by atomic mass is 32.2. The van der Waals surface area contributed by atoms with Crippen molar-refractivity contribution in [3.63, 3.8) is 0 Å². The molecule has 0 spiro atoms. The lowest BCUT2D eigenvalue weighted by atomic mass is 10.4. The summed E-state index contributed by atoms with van der Waals surface area (Å²) >= 11 is 1.49. The molecule has 0 saturated heterocycles. The minimum absolute atomic E-state index is 0.192. The first kappa shape index (κ1) is 14.3. The molecule has 0 radical (unpaired) electrons. The number of rotatable bonds is 8. The molecular formula is C10H17NO3S. The van der Waals surface area contributed by atoms with Crippen LogP contribution in [-0.2, 0) is 14.3 Å². The SMILES string of the molecule is COCC(C)OC(=O)CSCCCC#N. The molecule has 0 saturated carbocycles. The fraction of sp³-hybridized carbons (Fsp3) is 0.800. The Hall–Kier alpha value is -0.730. The zero-order valence-corrected chi connectivity index (χ0v) is 10.0. The second kappa shape index (κ2) is 9.81. The van der Waals surface area contributed by atoms with Crippen LogP contribution in [0.3, 0.4) is 0 Å². The van der Waals surface area contributed by atoms with Gasteiger partial charge in [0.2, 0.25) is 0 Å². The average Bonchev–Trinajstić information content (AvgIpc) is 2.17. The van der Waals surface area contributed by atoms with Crippen LogP contribution in [0, 0.1) is 11.3 Å². The summed E-state index contributed by atoms with van der Waals surface area (Å²) in [6.07, 6.45) is 1.17. The Kier molecular flexibility index (Phi) is 9.33. The van der Waals surface area contributed by atoms with E-state index in [0.717, 1.165) is 12.2 Å². The third-order valence-corrected chi connectivity index (χ3v) is 2.55. The number of nitriles is 1. The lowest BCUT2D eigenvalue weighted by Gasteiger charge is -2.11. The highest BCUT2D eigenvalue weighted by molar-refractivity contribution is 7.99. The van der Waals surface area contributed by atoms with Crippen molar-refractivity contribution in [2.24, 2.45) is 0 Å². The quantitative estimate of drug-likeness (QED) is 0.469. The van der Waals surface area contributed by atoms with Gasteiger partial charge in [-0.25, -0.2) is 0 Å². The molecule has 0 aliphatic rings. The molecule has 0 heterocycles. The first-order valence-corrected chi connectivity index (χ1v) is 5.99. The second-order valence-electron chi connectivity index (χ2n) is 3.07. The molecule has 0 rings (SSSR count). The smallest absolute Gasteiger partial charge is 0.316 e. The van der Waals surface area contributed by atoms with Gasteiger partial charge in [0.15, 0.2) is 0 Å². The topological polar surface area (TPSA) is 59.3 Å². The molecule has 0 amide bonds. The van der Waals surface area contributed by atoms with Gasteiger partial charge in [-0.05, 0) is 19.1 Å². The van der Waals surface area contributed by atoms with E-state index in [4.69, 9.17) is 14.7 Å². The van der Waals surface area contributed by atoms with E-state index in [9.17, 15) is 4.79 Å². The van der Waals surface area contributed by atoms with Gasteiger partial charge in [-0.3, -0.25) is 4.79 Å². The fourth-order valence-corrected chi connectivity index (χ4v) is 1.66. The number of unbranched alkanes of at least 4 members (excludes halogenated alkanes) is 1. The van der Waals surface area contributed by atoms with Gasteiger partial charge in [0.1, 0.15) is 6.10 Å². The van der Waals surface area contributed by atoms with E-state index in [-0.39, 0.29) is 12.1 Å². The van der Waals surface area contributed by atoms with Crippen molar-refractivity contribution < 1.29 is 14.3 Å². The van der Waals surface area contributed by atoms with Crippen LogP contribution in [0.1, 0.15) is 19.8 Å². The summed E-state index contributed by atoms with van der Waals surface area (Å²) in [6.45, 7) is 2.21. The summed E-state index contributed by atoms with van der Waals surface area (Å²) in [5.74, 6) is 0.947. The number of thioether (sulfide) groups is 1. The Morgan fingerprint density at radius 2 is 2.33 bits per heavy atom. The van der Waals surface area contributed by atoms with Crippen LogP contribution in [0.15, 0.2) is 0 Å². The summed E-state index contributed by atoms with van der Waals surface area (Å²) in [4.78, 5) is 11.2. The zero-order chi connectivity index (χ0) is 11.5. The monoisotopic (exact) mass is 231 g/mol. The van der Waals surface area contributed by atoms with E-state index < -0.39 is 0 Å². The van der Waals surface area contributed by atoms with Crippen molar-refractivity contribution in [2.45, 2.75) is 25.9 Å². The Balaban J connectivity index is 3.37. The normalized spacial score (nSPS) is 11.8. The first-order chi connectivity index (χ1) is 7.20. The summed E-state index contributed by atoms with van der Waals surface area (Å²) in [5.41, 5.74) is 0. The van der Waals surface area contributed by atoms with Crippen LogP contribution in [-0.4, -0.2) is 37.3 Å². The van der Waals surface area contributed by atoms with Crippen LogP contribution in [0.4, 0.5) is 0 Å². The average molecular weight is 231 g/mol. The molecule has 15 heavy (non-hydrogen) atoms. The highest BCUT2D eigenvalue weighted by Crippen LogP contribution is 2.05. The van der Waals surface area contributed by atoms with Crippen LogP contribution in [0.2, 0.25) is 0 Å². The summed E-state index contributed by atoms with van der Waals surface area (Å²) in [5, 5.41) is 8.29. The van der Waals surface area contributed by atoms with Crippen LogP contribution in [0.5, 0.6) is 0 Å². The van der Waals surface area contributed by atoms with Crippen molar-refractivity contribution in [2.75, 3.05) is 25.2 Å². The zero-order valence-electron chi connectivity index (χ0n) is 9.19. The van der Waals surface area contributed by atoms with Crippen molar-refractivity contribution in [1.82, 2.24) is 0 Å². The van der Waals surface area contributed by atoms with Crippen LogP contribution in [0.25, 0.3) is 0 Å². The predicted molar refractivity (Wildman–Crippen MR) is 59.6 cm³/mol. The second-order valence-corrected chi connectivity index (χ2v) is 4.18. The maximum Gasteiger partial charge on any atom is 0.316 e. The molecule has 0 N–H and O–H groups in total. The molecule has 0 aliphatic heterocycles. The number of methoxy groups -OCH3 is 1. The number of hydrogen-bond acceptors (Lipinski definition) is 5. The maximum absolute atomic E-state index is 11.2. The molecule has 0 aromatic heterocycles. The minimum Gasteiger partial charge on any atom is -0.460 e. The third-order valence-electron chi connectivity index (χ3n) is 1.53. The van der Waals surface area contributed by atoms with Crippen LogP contribution >= 0.6 is 11.8 Å². The van der Waals surface area contributed by atoms with Gasteiger partial charge in [0.25, 0.3) is 0 Å². The highest BCUT2D eigenvalue weighted by Gasteiger charge is 2.08. The maximum atomic E-state index is 11.2. The van der Waals surface area contributed by atoms with Crippen molar-refractivity contribution in [1.29, 1.82) is 5.26 Å². The molecule has 0 aromatic rings. The Morgan fingerprint density at radius 3 is 2.93 bits per heavy atom. The van der Waals surface area contributed by atoms with Crippen LogP contribution < -0.4 is 0 Å². The molecule has 0 aromatic carbocycles.